The maximum Gasteiger partial charge on any atom is 0.125 e. The van der Waals surface area contributed by atoms with Gasteiger partial charge in [0.25, 0.3) is 0 Å². The summed E-state index contributed by atoms with van der Waals surface area (Å²) >= 11 is 1.70. The van der Waals surface area contributed by atoms with Gasteiger partial charge in [0.1, 0.15) is 6.29 Å². The molecule has 2 rings (SSSR count). The summed E-state index contributed by atoms with van der Waals surface area (Å²) in [6, 6.07) is 0.656. The molecule has 1 fully saturated rings. The molecule has 1 aliphatic heterocycles. The predicted octanol–water partition coefficient (Wildman–Crippen LogP) is 2.30. The van der Waals surface area contributed by atoms with Gasteiger partial charge in [-0.2, -0.15) is 0 Å². The van der Waals surface area contributed by atoms with Crippen molar-refractivity contribution in [3.63, 3.8) is 0 Å². The van der Waals surface area contributed by atoms with E-state index in [1.54, 1.807) is 11.3 Å². The third-order valence-corrected chi connectivity index (χ3v) is 4.38. The Kier molecular flexibility index (Phi) is 4.68. The molecule has 0 spiro atoms. The molecule has 17 heavy (non-hydrogen) atoms. The van der Waals surface area contributed by atoms with Crippen LogP contribution in [0, 0.1) is 0 Å². The van der Waals surface area contributed by atoms with Crippen LogP contribution in [0.5, 0.6) is 0 Å². The van der Waals surface area contributed by atoms with Crippen LogP contribution in [-0.2, 0) is 17.6 Å². The van der Waals surface area contributed by atoms with Gasteiger partial charge in [0, 0.05) is 24.3 Å². The number of rotatable bonds is 5. The highest BCUT2D eigenvalue weighted by Gasteiger charge is 2.22. The van der Waals surface area contributed by atoms with Crippen molar-refractivity contribution in [2.45, 2.75) is 45.1 Å². The summed E-state index contributed by atoms with van der Waals surface area (Å²) in [5, 5.41) is 3.20. The third-order valence-electron chi connectivity index (χ3n) is 3.46. The van der Waals surface area contributed by atoms with Crippen LogP contribution in [-0.4, -0.2) is 35.3 Å². The molecule has 1 saturated heterocycles. The summed E-state index contributed by atoms with van der Waals surface area (Å²) in [6.07, 6.45) is 6.40. The second-order valence-corrected chi connectivity index (χ2v) is 5.53. The fraction of sp³-hybridized carbons (Fsp3) is 0.692. The summed E-state index contributed by atoms with van der Waals surface area (Å²) in [7, 11) is 0. The fourth-order valence-electron chi connectivity index (χ4n) is 2.53. The fourth-order valence-corrected chi connectivity index (χ4v) is 3.41. The average molecular weight is 252 g/mol. The largest absolute Gasteiger partial charge is 0.303 e. The number of likely N-dealkylation sites (N-methyl/N-ethyl adjacent to an activating group) is 1. The molecule has 94 valence electrons. The zero-order chi connectivity index (χ0) is 12.1. The lowest BCUT2D eigenvalue weighted by Gasteiger charge is -2.34. The van der Waals surface area contributed by atoms with Gasteiger partial charge in [-0.3, -0.25) is 0 Å². The lowest BCUT2D eigenvalue weighted by atomic mass is 10.00. The molecular formula is C13H20N2OS. The number of aromatic nitrogens is 1. The second kappa shape index (κ2) is 6.26. The van der Waals surface area contributed by atoms with Gasteiger partial charge in [0.2, 0.25) is 0 Å². The summed E-state index contributed by atoms with van der Waals surface area (Å²) in [4.78, 5) is 17.5. The predicted molar refractivity (Wildman–Crippen MR) is 70.5 cm³/mol. The molecule has 0 saturated carbocycles. The van der Waals surface area contributed by atoms with Gasteiger partial charge in [0.05, 0.1) is 10.7 Å². The van der Waals surface area contributed by atoms with Crippen LogP contribution in [0.3, 0.4) is 0 Å². The number of carbonyl (C=O) groups excluding carboxylic acids is 1. The number of likely N-dealkylation sites (tertiary alicyclic amines) is 1. The smallest absolute Gasteiger partial charge is 0.125 e. The topological polar surface area (TPSA) is 33.2 Å². The summed E-state index contributed by atoms with van der Waals surface area (Å²) in [5.74, 6) is 0. The van der Waals surface area contributed by atoms with Crippen LogP contribution >= 0.6 is 11.3 Å². The van der Waals surface area contributed by atoms with Crippen molar-refractivity contribution >= 4 is 17.6 Å². The molecule has 1 aromatic rings. The molecule has 1 aromatic heterocycles. The molecule has 0 N–H and O–H groups in total. The van der Waals surface area contributed by atoms with Crippen LogP contribution in [0.4, 0.5) is 0 Å². The van der Waals surface area contributed by atoms with E-state index in [-0.39, 0.29) is 0 Å². The summed E-state index contributed by atoms with van der Waals surface area (Å²) in [5.41, 5.74) is 0.929. The van der Waals surface area contributed by atoms with Gasteiger partial charge < -0.3 is 9.69 Å². The highest BCUT2D eigenvalue weighted by molar-refractivity contribution is 7.09. The first kappa shape index (κ1) is 12.7. The number of piperidine rings is 1. The van der Waals surface area contributed by atoms with E-state index in [1.165, 1.54) is 30.8 Å². The Morgan fingerprint density at radius 1 is 1.59 bits per heavy atom. The van der Waals surface area contributed by atoms with E-state index in [9.17, 15) is 4.79 Å². The first-order chi connectivity index (χ1) is 8.33. The number of thiazole rings is 1. The number of nitrogens with zero attached hydrogens (tertiary/aromatic N) is 2. The first-order valence-electron chi connectivity index (χ1n) is 6.44. The zero-order valence-electron chi connectivity index (χ0n) is 10.4. The van der Waals surface area contributed by atoms with Crippen molar-refractivity contribution in [2.75, 3.05) is 13.1 Å². The lowest BCUT2D eigenvalue weighted by Crippen LogP contribution is -2.40. The standard InChI is InChI=1S/C13H20N2OS/c1-2-15-7-4-3-5-12(15)9-13-14-11(6-8-16)10-17-13/h8,10,12H,2-7,9H2,1H3. The molecule has 0 amide bonds. The van der Waals surface area contributed by atoms with Crippen LogP contribution in [0.25, 0.3) is 0 Å². The van der Waals surface area contributed by atoms with Gasteiger partial charge >= 0.3 is 0 Å². The minimum absolute atomic E-state index is 0.457. The van der Waals surface area contributed by atoms with Crippen LogP contribution < -0.4 is 0 Å². The molecular weight excluding hydrogens is 232 g/mol. The Balaban J connectivity index is 1.95. The first-order valence-corrected chi connectivity index (χ1v) is 7.32. The van der Waals surface area contributed by atoms with E-state index >= 15 is 0 Å². The molecule has 0 aliphatic carbocycles. The van der Waals surface area contributed by atoms with Gasteiger partial charge in [0.15, 0.2) is 0 Å². The second-order valence-electron chi connectivity index (χ2n) is 4.59. The zero-order valence-corrected chi connectivity index (χ0v) is 11.2. The minimum atomic E-state index is 0.457. The number of aldehydes is 1. The van der Waals surface area contributed by atoms with Crippen molar-refractivity contribution in [1.29, 1.82) is 0 Å². The average Bonchev–Trinajstić information content (AvgIpc) is 2.78. The quantitative estimate of drug-likeness (QED) is 0.754. The van der Waals surface area contributed by atoms with Crippen LogP contribution in [0.2, 0.25) is 0 Å². The highest BCUT2D eigenvalue weighted by atomic mass is 32.1. The molecule has 1 aliphatic rings. The van der Waals surface area contributed by atoms with E-state index in [4.69, 9.17) is 0 Å². The van der Waals surface area contributed by atoms with Crippen molar-refractivity contribution in [1.82, 2.24) is 9.88 Å². The van der Waals surface area contributed by atoms with Crippen molar-refractivity contribution in [3.05, 3.63) is 16.1 Å². The number of carbonyl (C=O) groups is 1. The van der Waals surface area contributed by atoms with E-state index in [2.05, 4.69) is 16.8 Å². The Bertz CT molecular complexity index is 364. The van der Waals surface area contributed by atoms with Crippen LogP contribution in [0.15, 0.2) is 5.38 Å². The SMILES string of the molecule is CCN1CCCCC1Cc1nc(CC=O)cs1. The molecule has 0 aromatic carbocycles. The van der Waals surface area contributed by atoms with Crippen molar-refractivity contribution in [3.8, 4) is 0 Å². The molecule has 1 unspecified atom stereocenters. The van der Waals surface area contributed by atoms with Gasteiger partial charge in [-0.1, -0.05) is 13.3 Å². The highest BCUT2D eigenvalue weighted by Crippen LogP contribution is 2.22. The Hall–Kier alpha value is -0.740. The molecule has 0 radical (unpaired) electrons. The Morgan fingerprint density at radius 3 is 3.24 bits per heavy atom. The summed E-state index contributed by atoms with van der Waals surface area (Å²) in [6.45, 7) is 4.60. The van der Waals surface area contributed by atoms with Gasteiger partial charge in [-0.25, -0.2) is 4.98 Å². The minimum Gasteiger partial charge on any atom is -0.303 e. The number of hydrogen-bond acceptors (Lipinski definition) is 4. The van der Waals surface area contributed by atoms with E-state index in [0.717, 1.165) is 24.9 Å². The van der Waals surface area contributed by atoms with Gasteiger partial charge in [-0.05, 0) is 25.9 Å². The van der Waals surface area contributed by atoms with Crippen molar-refractivity contribution < 1.29 is 4.79 Å². The maximum absolute atomic E-state index is 10.4. The third kappa shape index (κ3) is 3.36. The van der Waals surface area contributed by atoms with Gasteiger partial charge in [-0.15, -0.1) is 11.3 Å². The van der Waals surface area contributed by atoms with E-state index in [1.807, 2.05) is 5.38 Å². The molecule has 1 atom stereocenters. The maximum atomic E-state index is 10.4. The van der Waals surface area contributed by atoms with Crippen molar-refractivity contribution in [2.24, 2.45) is 0 Å². The summed E-state index contributed by atoms with van der Waals surface area (Å²) < 4.78 is 0. The molecule has 3 nitrogen and oxygen atoms in total. The lowest BCUT2D eigenvalue weighted by molar-refractivity contribution is -0.107. The number of hydrogen-bond donors (Lipinski definition) is 0. The Labute approximate surface area is 107 Å². The molecule has 2 heterocycles. The van der Waals surface area contributed by atoms with E-state index in [0.29, 0.717) is 12.5 Å². The Morgan fingerprint density at radius 2 is 2.47 bits per heavy atom. The normalized spacial score (nSPS) is 21.6. The molecule has 0 bridgehead atoms. The monoisotopic (exact) mass is 252 g/mol. The molecule has 4 heteroatoms. The van der Waals surface area contributed by atoms with Crippen LogP contribution in [0.1, 0.15) is 36.9 Å². The van der Waals surface area contributed by atoms with E-state index < -0.39 is 0 Å².